The van der Waals surface area contributed by atoms with Gasteiger partial charge in [-0.1, -0.05) is 19.1 Å². The van der Waals surface area contributed by atoms with Crippen molar-refractivity contribution in [2.45, 2.75) is 30.6 Å². The van der Waals surface area contributed by atoms with Crippen molar-refractivity contribution >= 4 is 15.5 Å². The molecule has 1 N–H and O–H groups in total. The third-order valence-corrected chi connectivity index (χ3v) is 4.50. The van der Waals surface area contributed by atoms with Crippen LogP contribution in [0, 0.1) is 0 Å². The van der Waals surface area contributed by atoms with Crippen LogP contribution in [-0.2, 0) is 9.84 Å². The fraction of sp³-hybridized carbons (Fsp3) is 0.500. The molecule has 0 fully saturated rings. The highest BCUT2D eigenvalue weighted by molar-refractivity contribution is 7.91. The van der Waals surface area contributed by atoms with Crippen molar-refractivity contribution in [2.24, 2.45) is 0 Å². The van der Waals surface area contributed by atoms with Gasteiger partial charge in [-0.25, -0.2) is 17.2 Å². The molecule has 0 aliphatic rings. The summed E-state index contributed by atoms with van der Waals surface area (Å²) in [6, 6.07) is 5.41. The zero-order valence-electron chi connectivity index (χ0n) is 10.7. The van der Waals surface area contributed by atoms with E-state index in [1.807, 2.05) is 0 Å². The second-order valence-electron chi connectivity index (χ2n) is 4.23. The predicted molar refractivity (Wildman–Crippen MR) is 68.2 cm³/mol. The van der Waals surface area contributed by atoms with Crippen LogP contribution in [0.3, 0.4) is 0 Å². The molecule has 0 radical (unpaired) electrons. The number of hydrogen-bond acceptors (Lipinski definition) is 3. The average Bonchev–Trinajstić information content (AvgIpc) is 2.36. The minimum Gasteiger partial charge on any atom is -0.378 e. The van der Waals surface area contributed by atoms with E-state index in [2.05, 4.69) is 5.32 Å². The van der Waals surface area contributed by atoms with Crippen LogP contribution in [0.4, 0.5) is 23.2 Å². The van der Waals surface area contributed by atoms with Gasteiger partial charge in [-0.15, -0.1) is 0 Å². The molecular weight excluding hydrogens is 298 g/mol. The van der Waals surface area contributed by atoms with Crippen LogP contribution < -0.4 is 5.32 Å². The minimum absolute atomic E-state index is 0.0960. The van der Waals surface area contributed by atoms with E-state index in [4.69, 9.17) is 0 Å². The SMILES string of the molecule is CCCS(=O)(=O)c1ccccc1NCC(F)(F)C(F)F. The van der Waals surface area contributed by atoms with Crippen LogP contribution >= 0.6 is 0 Å². The fourth-order valence-electron chi connectivity index (χ4n) is 1.55. The van der Waals surface area contributed by atoms with Gasteiger partial charge in [-0.2, -0.15) is 8.78 Å². The third-order valence-electron chi connectivity index (χ3n) is 2.53. The molecule has 1 aromatic carbocycles. The van der Waals surface area contributed by atoms with Gasteiger partial charge in [0, 0.05) is 0 Å². The van der Waals surface area contributed by atoms with E-state index in [-0.39, 0.29) is 16.3 Å². The number of anilines is 1. The number of rotatable bonds is 7. The molecule has 0 bridgehead atoms. The molecule has 3 nitrogen and oxygen atoms in total. The lowest BCUT2D eigenvalue weighted by molar-refractivity contribution is -0.117. The molecule has 8 heteroatoms. The summed E-state index contributed by atoms with van der Waals surface area (Å²) in [5.74, 6) is -4.36. The molecule has 0 saturated heterocycles. The monoisotopic (exact) mass is 313 g/mol. The Hall–Kier alpha value is -1.31. The molecular formula is C12H15F4NO2S. The summed E-state index contributed by atoms with van der Waals surface area (Å²) in [5.41, 5.74) is -0.0960. The van der Waals surface area contributed by atoms with E-state index < -0.39 is 28.7 Å². The first-order chi connectivity index (χ1) is 9.20. The smallest absolute Gasteiger partial charge is 0.324 e. The Morgan fingerprint density at radius 3 is 2.40 bits per heavy atom. The summed E-state index contributed by atoms with van der Waals surface area (Å²) < 4.78 is 73.7. The van der Waals surface area contributed by atoms with Gasteiger partial charge >= 0.3 is 12.3 Å². The first kappa shape index (κ1) is 16.7. The van der Waals surface area contributed by atoms with Crippen molar-refractivity contribution in [1.82, 2.24) is 0 Å². The Morgan fingerprint density at radius 1 is 1.25 bits per heavy atom. The Bertz CT molecular complexity index is 546. The second-order valence-corrected chi connectivity index (χ2v) is 6.31. The van der Waals surface area contributed by atoms with Gasteiger partial charge in [0.15, 0.2) is 9.84 Å². The van der Waals surface area contributed by atoms with Crippen molar-refractivity contribution < 1.29 is 26.0 Å². The zero-order chi connectivity index (χ0) is 15.4. The van der Waals surface area contributed by atoms with Crippen molar-refractivity contribution in [1.29, 1.82) is 0 Å². The highest BCUT2D eigenvalue weighted by Crippen LogP contribution is 2.26. The lowest BCUT2D eigenvalue weighted by Gasteiger charge is -2.18. The first-order valence-corrected chi connectivity index (χ1v) is 7.57. The minimum atomic E-state index is -4.22. The quantitative estimate of drug-likeness (QED) is 0.786. The van der Waals surface area contributed by atoms with E-state index in [9.17, 15) is 26.0 Å². The summed E-state index contributed by atoms with van der Waals surface area (Å²) in [6.45, 7) is 0.335. The molecule has 1 rings (SSSR count). The lowest BCUT2D eigenvalue weighted by Crippen LogP contribution is -2.35. The zero-order valence-corrected chi connectivity index (χ0v) is 11.6. The number of sulfone groups is 1. The molecule has 0 spiro atoms. The average molecular weight is 313 g/mol. The number of para-hydroxylation sites is 1. The summed E-state index contributed by atoms with van der Waals surface area (Å²) in [5, 5.41) is 2.09. The van der Waals surface area contributed by atoms with Crippen LogP contribution in [0.5, 0.6) is 0 Å². The number of alkyl halides is 4. The summed E-state index contributed by atoms with van der Waals surface area (Å²) in [7, 11) is -3.62. The number of hydrogen-bond donors (Lipinski definition) is 1. The van der Waals surface area contributed by atoms with Crippen molar-refractivity contribution in [2.75, 3.05) is 17.6 Å². The van der Waals surface area contributed by atoms with E-state index in [1.54, 1.807) is 6.92 Å². The molecule has 114 valence electrons. The molecule has 0 unspecified atom stereocenters. The van der Waals surface area contributed by atoms with Crippen LogP contribution in [0.1, 0.15) is 13.3 Å². The maximum absolute atomic E-state index is 12.8. The van der Waals surface area contributed by atoms with Crippen LogP contribution in [0.15, 0.2) is 29.2 Å². The molecule has 0 aromatic heterocycles. The van der Waals surface area contributed by atoms with Crippen molar-refractivity contribution in [3.05, 3.63) is 24.3 Å². The van der Waals surface area contributed by atoms with E-state index >= 15 is 0 Å². The van der Waals surface area contributed by atoms with E-state index in [0.29, 0.717) is 6.42 Å². The van der Waals surface area contributed by atoms with Crippen molar-refractivity contribution in [3.63, 3.8) is 0 Å². The van der Waals surface area contributed by atoms with Crippen LogP contribution in [-0.4, -0.2) is 33.1 Å². The molecule has 0 amide bonds. The molecule has 0 saturated carbocycles. The van der Waals surface area contributed by atoms with E-state index in [1.165, 1.54) is 24.3 Å². The largest absolute Gasteiger partial charge is 0.378 e. The summed E-state index contributed by atoms with van der Waals surface area (Å²) >= 11 is 0. The second kappa shape index (κ2) is 6.43. The maximum atomic E-state index is 12.8. The van der Waals surface area contributed by atoms with E-state index in [0.717, 1.165) is 0 Å². The Morgan fingerprint density at radius 2 is 1.85 bits per heavy atom. The normalized spacial score (nSPS) is 12.7. The molecule has 0 heterocycles. The lowest BCUT2D eigenvalue weighted by atomic mass is 10.3. The van der Waals surface area contributed by atoms with Crippen LogP contribution in [0.2, 0.25) is 0 Å². The highest BCUT2D eigenvalue weighted by Gasteiger charge is 2.40. The molecule has 1 aromatic rings. The summed E-state index contributed by atoms with van der Waals surface area (Å²) in [4.78, 5) is -0.160. The number of nitrogens with one attached hydrogen (secondary N) is 1. The molecule has 0 aliphatic heterocycles. The van der Waals surface area contributed by atoms with Gasteiger partial charge in [0.25, 0.3) is 0 Å². The summed E-state index contributed by atoms with van der Waals surface area (Å²) in [6.07, 6.45) is -3.45. The van der Waals surface area contributed by atoms with Crippen molar-refractivity contribution in [3.8, 4) is 0 Å². The van der Waals surface area contributed by atoms with Gasteiger partial charge in [0.2, 0.25) is 0 Å². The van der Waals surface area contributed by atoms with Gasteiger partial charge in [-0.3, -0.25) is 0 Å². The molecule has 0 atom stereocenters. The number of benzene rings is 1. The van der Waals surface area contributed by atoms with Gasteiger partial charge < -0.3 is 5.32 Å². The standard InChI is InChI=1S/C12H15F4NO2S/c1-2-7-20(18,19)10-6-4-3-5-9(10)17-8-12(15,16)11(13)14/h3-6,11,17H,2,7-8H2,1H3. The predicted octanol–water partition coefficient (Wildman–Crippen LogP) is 3.18. The van der Waals surface area contributed by atoms with Gasteiger partial charge in [0.1, 0.15) is 0 Å². The molecule has 0 aliphatic carbocycles. The fourth-order valence-corrected chi connectivity index (χ4v) is 3.07. The maximum Gasteiger partial charge on any atom is 0.324 e. The first-order valence-electron chi connectivity index (χ1n) is 5.92. The number of halogens is 4. The third kappa shape index (κ3) is 4.09. The van der Waals surface area contributed by atoms with Gasteiger partial charge in [-0.05, 0) is 18.6 Å². The van der Waals surface area contributed by atoms with Gasteiger partial charge in [0.05, 0.1) is 22.9 Å². The highest BCUT2D eigenvalue weighted by atomic mass is 32.2. The van der Waals surface area contributed by atoms with Crippen LogP contribution in [0.25, 0.3) is 0 Å². The Kier molecular flexibility index (Phi) is 5.38. The Labute approximate surface area is 114 Å². The Balaban J connectivity index is 2.98. The topological polar surface area (TPSA) is 46.2 Å². The molecule has 20 heavy (non-hydrogen) atoms.